The van der Waals surface area contributed by atoms with Crippen LogP contribution in [0.2, 0.25) is 0 Å². The maximum absolute atomic E-state index is 11.4. The lowest BCUT2D eigenvalue weighted by Crippen LogP contribution is -2.49. The number of hydrogen-bond donors (Lipinski definition) is 2. The highest BCUT2D eigenvalue weighted by molar-refractivity contribution is 5.76. The zero-order chi connectivity index (χ0) is 14.5. The molecule has 0 saturated carbocycles. The van der Waals surface area contributed by atoms with Crippen molar-refractivity contribution in [3.8, 4) is 0 Å². The summed E-state index contributed by atoms with van der Waals surface area (Å²) < 4.78 is 0. The van der Waals surface area contributed by atoms with Crippen LogP contribution in [0.15, 0.2) is 18.6 Å². The summed E-state index contributed by atoms with van der Waals surface area (Å²) in [6, 6.07) is 2.74. The Hall–Kier alpha value is -1.69. The van der Waals surface area contributed by atoms with E-state index in [1.807, 2.05) is 6.07 Å². The highest BCUT2D eigenvalue weighted by Gasteiger charge is 2.24. The van der Waals surface area contributed by atoms with Crippen molar-refractivity contribution in [1.82, 2.24) is 20.2 Å². The van der Waals surface area contributed by atoms with E-state index in [1.165, 1.54) is 0 Å². The molecule has 2 aliphatic heterocycles. The first kappa shape index (κ1) is 14.3. The van der Waals surface area contributed by atoms with Gasteiger partial charge in [-0.15, -0.1) is 0 Å². The van der Waals surface area contributed by atoms with Gasteiger partial charge in [-0.25, -0.2) is 9.97 Å². The van der Waals surface area contributed by atoms with Gasteiger partial charge in [0.15, 0.2) is 0 Å². The Kier molecular flexibility index (Phi) is 4.65. The zero-order valence-corrected chi connectivity index (χ0v) is 12.3. The molecule has 3 rings (SSSR count). The summed E-state index contributed by atoms with van der Waals surface area (Å²) >= 11 is 0. The van der Waals surface area contributed by atoms with Gasteiger partial charge in [0.1, 0.15) is 12.1 Å². The van der Waals surface area contributed by atoms with Crippen LogP contribution in [0.25, 0.3) is 0 Å². The van der Waals surface area contributed by atoms with Gasteiger partial charge in [-0.05, 0) is 31.7 Å². The van der Waals surface area contributed by atoms with Crippen LogP contribution in [0.4, 0.5) is 5.82 Å². The number of hydrogen-bond acceptors (Lipinski definition) is 5. The number of carbonyl (C=O) groups is 1. The van der Waals surface area contributed by atoms with Crippen molar-refractivity contribution < 1.29 is 4.79 Å². The fourth-order valence-corrected chi connectivity index (χ4v) is 3.17. The molecule has 0 aliphatic carbocycles. The average molecular weight is 289 g/mol. The highest BCUT2D eigenvalue weighted by Crippen LogP contribution is 2.16. The molecule has 0 bridgehead atoms. The van der Waals surface area contributed by atoms with Gasteiger partial charge < -0.3 is 15.5 Å². The van der Waals surface area contributed by atoms with Crippen LogP contribution in [0.3, 0.4) is 0 Å². The molecule has 0 aromatic carbocycles. The Bertz CT molecular complexity index is 458. The fourth-order valence-electron chi connectivity index (χ4n) is 3.17. The first-order chi connectivity index (χ1) is 10.3. The summed E-state index contributed by atoms with van der Waals surface area (Å²) in [5, 5.41) is 6.57. The third kappa shape index (κ3) is 4.14. The zero-order valence-electron chi connectivity index (χ0n) is 12.3. The largest absolute Gasteiger partial charge is 0.367 e. The van der Waals surface area contributed by atoms with Crippen molar-refractivity contribution in [1.29, 1.82) is 0 Å². The summed E-state index contributed by atoms with van der Waals surface area (Å²) in [7, 11) is 0. The second-order valence-electron chi connectivity index (χ2n) is 5.97. The van der Waals surface area contributed by atoms with Crippen LogP contribution in [0, 0.1) is 0 Å². The molecule has 114 valence electrons. The molecule has 1 atom stereocenters. The normalized spacial score (nSPS) is 24.6. The number of nitrogens with zero attached hydrogens (tertiary/aromatic N) is 3. The Morgan fingerprint density at radius 3 is 2.90 bits per heavy atom. The van der Waals surface area contributed by atoms with Gasteiger partial charge in [0.05, 0.1) is 0 Å². The standard InChI is InChI=1S/C15H23N5O/c21-15-3-1-2-13(19-15)10-20-8-5-12(6-9-20)18-14-4-7-16-11-17-14/h4,7,11-13H,1-3,5-6,8-10H2,(H,19,21)(H,16,17,18). The Morgan fingerprint density at radius 2 is 2.19 bits per heavy atom. The van der Waals surface area contributed by atoms with Gasteiger partial charge in [-0.2, -0.15) is 0 Å². The van der Waals surface area contributed by atoms with Gasteiger partial charge in [-0.1, -0.05) is 0 Å². The quantitative estimate of drug-likeness (QED) is 0.866. The first-order valence-electron chi connectivity index (χ1n) is 7.84. The maximum Gasteiger partial charge on any atom is 0.220 e. The molecule has 1 unspecified atom stereocenters. The van der Waals surface area contributed by atoms with E-state index in [0.29, 0.717) is 18.5 Å². The van der Waals surface area contributed by atoms with Crippen LogP contribution in [-0.2, 0) is 4.79 Å². The molecule has 2 aliphatic rings. The van der Waals surface area contributed by atoms with Gasteiger partial charge in [-0.3, -0.25) is 4.79 Å². The SMILES string of the molecule is O=C1CCCC(CN2CCC(Nc3ccncn3)CC2)N1. The molecule has 3 heterocycles. The predicted molar refractivity (Wildman–Crippen MR) is 80.9 cm³/mol. The average Bonchev–Trinajstić information content (AvgIpc) is 2.50. The minimum absolute atomic E-state index is 0.214. The molecular weight excluding hydrogens is 266 g/mol. The van der Waals surface area contributed by atoms with E-state index in [4.69, 9.17) is 0 Å². The minimum Gasteiger partial charge on any atom is -0.367 e. The number of piperidine rings is 2. The lowest BCUT2D eigenvalue weighted by molar-refractivity contribution is -0.123. The van der Waals surface area contributed by atoms with E-state index >= 15 is 0 Å². The van der Waals surface area contributed by atoms with Crippen molar-refractivity contribution in [3.63, 3.8) is 0 Å². The topological polar surface area (TPSA) is 70.2 Å². The van der Waals surface area contributed by atoms with E-state index in [2.05, 4.69) is 25.5 Å². The molecular formula is C15H23N5O. The van der Waals surface area contributed by atoms with Crippen LogP contribution in [0.5, 0.6) is 0 Å². The maximum atomic E-state index is 11.4. The molecule has 1 amide bonds. The second-order valence-corrected chi connectivity index (χ2v) is 5.97. The van der Waals surface area contributed by atoms with E-state index in [-0.39, 0.29) is 5.91 Å². The van der Waals surface area contributed by atoms with Gasteiger partial charge in [0, 0.05) is 44.3 Å². The van der Waals surface area contributed by atoms with Crippen LogP contribution in [-0.4, -0.2) is 52.5 Å². The number of anilines is 1. The van der Waals surface area contributed by atoms with Gasteiger partial charge in [0.2, 0.25) is 5.91 Å². The van der Waals surface area contributed by atoms with E-state index < -0.39 is 0 Å². The molecule has 2 N–H and O–H groups in total. The summed E-state index contributed by atoms with van der Waals surface area (Å²) in [5.41, 5.74) is 0. The summed E-state index contributed by atoms with van der Waals surface area (Å²) in [6.45, 7) is 3.15. The number of aromatic nitrogens is 2. The number of nitrogens with one attached hydrogen (secondary N) is 2. The number of amides is 1. The molecule has 6 heteroatoms. The first-order valence-corrected chi connectivity index (χ1v) is 7.84. The smallest absolute Gasteiger partial charge is 0.220 e. The van der Waals surface area contributed by atoms with Crippen LogP contribution < -0.4 is 10.6 Å². The van der Waals surface area contributed by atoms with Crippen molar-refractivity contribution in [3.05, 3.63) is 18.6 Å². The summed E-state index contributed by atoms with van der Waals surface area (Å²) in [4.78, 5) is 22.0. The number of rotatable bonds is 4. The van der Waals surface area contributed by atoms with Crippen molar-refractivity contribution in [2.45, 2.75) is 44.2 Å². The third-order valence-electron chi connectivity index (χ3n) is 4.32. The lowest BCUT2D eigenvalue weighted by atomic mass is 10.0. The molecule has 0 spiro atoms. The molecule has 2 saturated heterocycles. The summed E-state index contributed by atoms with van der Waals surface area (Å²) in [6.07, 6.45) is 8.41. The monoisotopic (exact) mass is 289 g/mol. The third-order valence-corrected chi connectivity index (χ3v) is 4.32. The molecule has 0 radical (unpaired) electrons. The molecule has 1 aromatic heterocycles. The molecule has 2 fully saturated rings. The second kappa shape index (κ2) is 6.85. The van der Waals surface area contributed by atoms with E-state index in [9.17, 15) is 4.79 Å². The minimum atomic E-state index is 0.214. The van der Waals surface area contributed by atoms with Gasteiger partial charge >= 0.3 is 0 Å². The van der Waals surface area contributed by atoms with Crippen molar-refractivity contribution in [2.75, 3.05) is 25.0 Å². The molecule has 21 heavy (non-hydrogen) atoms. The van der Waals surface area contributed by atoms with Crippen molar-refractivity contribution in [2.24, 2.45) is 0 Å². The van der Waals surface area contributed by atoms with E-state index in [1.54, 1.807) is 12.5 Å². The summed E-state index contributed by atoms with van der Waals surface area (Å²) in [5.74, 6) is 1.12. The van der Waals surface area contributed by atoms with Crippen molar-refractivity contribution >= 4 is 11.7 Å². The number of carbonyl (C=O) groups excluding carboxylic acids is 1. The lowest BCUT2D eigenvalue weighted by Gasteiger charge is -2.35. The fraction of sp³-hybridized carbons (Fsp3) is 0.667. The van der Waals surface area contributed by atoms with Crippen LogP contribution >= 0.6 is 0 Å². The molecule has 1 aromatic rings. The molecule has 6 nitrogen and oxygen atoms in total. The highest BCUT2D eigenvalue weighted by atomic mass is 16.1. The Balaban J connectivity index is 1.41. The van der Waals surface area contributed by atoms with Crippen LogP contribution in [0.1, 0.15) is 32.1 Å². The van der Waals surface area contributed by atoms with E-state index in [0.717, 1.165) is 51.1 Å². The Morgan fingerprint density at radius 1 is 1.33 bits per heavy atom. The Labute approximate surface area is 125 Å². The predicted octanol–water partition coefficient (Wildman–Crippen LogP) is 1.02. The number of likely N-dealkylation sites (tertiary alicyclic amines) is 1. The van der Waals surface area contributed by atoms with Gasteiger partial charge in [0.25, 0.3) is 0 Å².